The van der Waals surface area contributed by atoms with Gasteiger partial charge >= 0.3 is 0 Å². The number of pyridine rings is 1. The van der Waals surface area contributed by atoms with Crippen molar-refractivity contribution >= 4 is 10.9 Å². The third-order valence-electron chi connectivity index (χ3n) is 6.91. The quantitative estimate of drug-likeness (QED) is 0.425. The maximum Gasteiger partial charge on any atom is 0.252 e. The Morgan fingerprint density at radius 2 is 2.03 bits per heavy atom. The van der Waals surface area contributed by atoms with Crippen LogP contribution in [0.2, 0.25) is 0 Å². The molecule has 9 heteroatoms. The van der Waals surface area contributed by atoms with E-state index in [1.807, 2.05) is 35.9 Å². The summed E-state index contributed by atoms with van der Waals surface area (Å²) >= 11 is 0. The van der Waals surface area contributed by atoms with E-state index in [0.29, 0.717) is 37.7 Å². The van der Waals surface area contributed by atoms with Crippen LogP contribution in [0.25, 0.3) is 10.9 Å². The highest BCUT2D eigenvalue weighted by Crippen LogP contribution is 2.34. The first-order valence-electron chi connectivity index (χ1n) is 12.9. The lowest BCUT2D eigenvalue weighted by molar-refractivity contribution is 0.118. The van der Waals surface area contributed by atoms with E-state index in [0.717, 1.165) is 35.3 Å². The topological polar surface area (TPSA) is 109 Å². The van der Waals surface area contributed by atoms with E-state index in [9.17, 15) is 9.90 Å². The molecule has 1 fully saturated rings. The van der Waals surface area contributed by atoms with Crippen molar-refractivity contribution in [1.82, 2.24) is 30.1 Å². The molecular weight excluding hydrogens is 444 g/mol. The number of hydrogen-bond acceptors (Lipinski definition) is 7. The Labute approximate surface area is 206 Å². The molecule has 0 spiro atoms. The molecule has 0 bridgehead atoms. The predicted octanol–water partition coefficient (Wildman–Crippen LogP) is 4.00. The minimum atomic E-state index is -0.106. The van der Waals surface area contributed by atoms with Crippen molar-refractivity contribution in [2.24, 2.45) is 5.92 Å². The Balaban J connectivity index is 1.69. The second-order valence-corrected chi connectivity index (χ2v) is 9.82. The normalized spacial score (nSPS) is 15.8. The lowest BCUT2D eigenvalue weighted by atomic mass is 9.94. The van der Waals surface area contributed by atoms with E-state index in [2.05, 4.69) is 39.3 Å². The van der Waals surface area contributed by atoms with Crippen molar-refractivity contribution in [3.8, 4) is 5.75 Å². The molecule has 4 rings (SSSR count). The monoisotopic (exact) mass is 482 g/mol. The molecule has 9 nitrogen and oxygen atoms in total. The summed E-state index contributed by atoms with van der Waals surface area (Å²) in [7, 11) is 0. The molecular formula is C26H38N6O3. The Morgan fingerprint density at radius 1 is 1.23 bits per heavy atom. The maximum absolute atomic E-state index is 13.0. The molecule has 1 aliphatic rings. The zero-order valence-corrected chi connectivity index (χ0v) is 21.1. The minimum Gasteiger partial charge on any atom is -0.494 e. The zero-order valence-electron chi connectivity index (χ0n) is 21.1. The van der Waals surface area contributed by atoms with E-state index in [1.54, 1.807) is 0 Å². The van der Waals surface area contributed by atoms with E-state index in [-0.39, 0.29) is 24.1 Å². The van der Waals surface area contributed by atoms with Crippen LogP contribution >= 0.6 is 0 Å². The fourth-order valence-corrected chi connectivity index (χ4v) is 5.28. The van der Waals surface area contributed by atoms with Crippen LogP contribution in [-0.2, 0) is 6.54 Å². The van der Waals surface area contributed by atoms with Gasteiger partial charge in [0.2, 0.25) is 0 Å². The first kappa shape index (κ1) is 25.3. The number of tetrazole rings is 1. The third kappa shape index (κ3) is 5.90. The number of nitrogens with one attached hydrogen (secondary N) is 1. The van der Waals surface area contributed by atoms with Gasteiger partial charge in [0.05, 0.1) is 18.7 Å². The molecule has 0 radical (unpaired) electrons. The largest absolute Gasteiger partial charge is 0.494 e. The molecule has 0 amide bonds. The summed E-state index contributed by atoms with van der Waals surface area (Å²) in [5.41, 5.74) is 1.35. The number of aliphatic hydroxyl groups is 1. The molecule has 2 aromatic heterocycles. The van der Waals surface area contributed by atoms with Gasteiger partial charge in [-0.15, -0.1) is 5.10 Å². The highest BCUT2D eigenvalue weighted by atomic mass is 16.5. The summed E-state index contributed by atoms with van der Waals surface area (Å²) < 4.78 is 7.68. The van der Waals surface area contributed by atoms with Crippen molar-refractivity contribution < 1.29 is 9.84 Å². The number of ether oxygens (including phenoxy) is 1. The molecule has 35 heavy (non-hydrogen) atoms. The number of aromatic nitrogens is 5. The van der Waals surface area contributed by atoms with Crippen molar-refractivity contribution in [3.05, 3.63) is 46.0 Å². The molecule has 1 aliphatic carbocycles. The van der Waals surface area contributed by atoms with Crippen LogP contribution in [-0.4, -0.2) is 55.0 Å². The lowest BCUT2D eigenvalue weighted by Gasteiger charge is -2.34. The van der Waals surface area contributed by atoms with Crippen molar-refractivity contribution in [2.75, 3.05) is 19.8 Å². The summed E-state index contributed by atoms with van der Waals surface area (Å²) in [6, 6.07) is 7.89. The second-order valence-electron chi connectivity index (χ2n) is 9.82. The SMILES string of the molecule is CCOc1ccc2[nH]c(=O)c(CN(CCCO)[C@@H](c3nnnn3C3CCCCC3)C(C)C)cc2c1. The van der Waals surface area contributed by atoms with E-state index in [4.69, 9.17) is 4.74 Å². The Bertz CT molecular complexity index is 1150. The first-order chi connectivity index (χ1) is 17.0. The summed E-state index contributed by atoms with van der Waals surface area (Å²) in [4.78, 5) is 18.3. The van der Waals surface area contributed by atoms with E-state index >= 15 is 0 Å². The van der Waals surface area contributed by atoms with Crippen LogP contribution in [0, 0.1) is 5.92 Å². The van der Waals surface area contributed by atoms with Crippen LogP contribution in [0.15, 0.2) is 29.1 Å². The Kier molecular flexibility index (Phi) is 8.51. The molecule has 3 aromatic rings. The van der Waals surface area contributed by atoms with Gasteiger partial charge in [-0.1, -0.05) is 33.1 Å². The van der Waals surface area contributed by atoms with Crippen molar-refractivity contribution in [1.29, 1.82) is 0 Å². The fourth-order valence-electron chi connectivity index (χ4n) is 5.28. The zero-order chi connectivity index (χ0) is 24.8. The fraction of sp³-hybridized carbons (Fsp3) is 0.615. The predicted molar refractivity (Wildman–Crippen MR) is 135 cm³/mol. The molecule has 190 valence electrons. The second kappa shape index (κ2) is 11.8. The van der Waals surface area contributed by atoms with Gasteiger partial charge in [-0.25, -0.2) is 4.68 Å². The van der Waals surface area contributed by atoms with Crippen LogP contribution in [0.5, 0.6) is 5.75 Å². The van der Waals surface area contributed by atoms with Gasteiger partial charge in [0.1, 0.15) is 5.75 Å². The van der Waals surface area contributed by atoms with Gasteiger partial charge < -0.3 is 14.8 Å². The molecule has 1 aromatic carbocycles. The maximum atomic E-state index is 13.0. The van der Waals surface area contributed by atoms with Gasteiger partial charge in [0, 0.05) is 36.2 Å². The number of rotatable bonds is 11. The average Bonchev–Trinajstić information content (AvgIpc) is 3.33. The molecule has 1 saturated carbocycles. The molecule has 0 aliphatic heterocycles. The summed E-state index contributed by atoms with van der Waals surface area (Å²) in [6.45, 7) is 8.01. The average molecular weight is 483 g/mol. The number of H-pyrrole nitrogens is 1. The number of aliphatic hydroxyl groups excluding tert-OH is 1. The van der Waals surface area contributed by atoms with Gasteiger partial charge in [0.15, 0.2) is 5.82 Å². The highest BCUT2D eigenvalue weighted by molar-refractivity contribution is 5.80. The standard InChI is InChI=1S/C26H38N6O3/c1-4-35-22-11-12-23-19(16-22)15-20(26(34)27-23)17-31(13-8-14-33)24(18(2)3)25-28-29-30-32(25)21-9-6-5-7-10-21/h11-12,15-16,18,21,24,33H,4-10,13-14,17H2,1-3H3,(H,27,34)/t24-/m1/s1. The van der Waals surface area contributed by atoms with E-state index in [1.165, 1.54) is 19.3 Å². The van der Waals surface area contributed by atoms with Crippen LogP contribution in [0.4, 0.5) is 0 Å². The summed E-state index contributed by atoms with van der Waals surface area (Å²) in [5, 5.41) is 23.5. The number of nitrogens with zero attached hydrogens (tertiary/aromatic N) is 5. The molecule has 0 saturated heterocycles. The van der Waals surface area contributed by atoms with Gasteiger partial charge in [0.25, 0.3) is 5.56 Å². The molecule has 0 unspecified atom stereocenters. The number of benzene rings is 1. The van der Waals surface area contributed by atoms with Crippen LogP contribution in [0.3, 0.4) is 0 Å². The number of fused-ring (bicyclic) bond motifs is 1. The van der Waals surface area contributed by atoms with Crippen LogP contribution in [0.1, 0.15) is 82.8 Å². The molecule has 2 heterocycles. The first-order valence-corrected chi connectivity index (χ1v) is 12.9. The van der Waals surface area contributed by atoms with Gasteiger partial charge in [-0.2, -0.15) is 0 Å². The third-order valence-corrected chi connectivity index (χ3v) is 6.91. The minimum absolute atomic E-state index is 0.0802. The molecule has 1 atom stereocenters. The van der Waals surface area contributed by atoms with Gasteiger partial charge in [-0.05, 0) is 66.8 Å². The van der Waals surface area contributed by atoms with Gasteiger partial charge in [-0.3, -0.25) is 9.69 Å². The van der Waals surface area contributed by atoms with E-state index < -0.39 is 0 Å². The lowest BCUT2D eigenvalue weighted by Crippen LogP contribution is -2.37. The summed E-state index contributed by atoms with van der Waals surface area (Å²) in [6.07, 6.45) is 6.44. The molecule has 2 N–H and O–H groups in total. The number of hydrogen-bond donors (Lipinski definition) is 2. The Morgan fingerprint density at radius 3 is 2.74 bits per heavy atom. The Hall–Kier alpha value is -2.78. The smallest absolute Gasteiger partial charge is 0.252 e. The summed E-state index contributed by atoms with van der Waals surface area (Å²) in [5.74, 6) is 1.84. The number of aromatic amines is 1. The van der Waals surface area contributed by atoms with Crippen LogP contribution < -0.4 is 10.3 Å². The van der Waals surface area contributed by atoms with Crippen molar-refractivity contribution in [3.63, 3.8) is 0 Å². The highest BCUT2D eigenvalue weighted by Gasteiger charge is 2.32. The van der Waals surface area contributed by atoms with Crippen molar-refractivity contribution in [2.45, 2.75) is 77.9 Å².